The van der Waals surface area contributed by atoms with Crippen molar-refractivity contribution < 1.29 is 24.2 Å². The Morgan fingerprint density at radius 2 is 1.89 bits per heavy atom. The summed E-state index contributed by atoms with van der Waals surface area (Å²) in [5, 5.41) is 15.7. The largest absolute Gasteiger partial charge is 0.394 e. The van der Waals surface area contributed by atoms with Gasteiger partial charge in [0, 0.05) is 36.3 Å². The van der Waals surface area contributed by atoms with Crippen molar-refractivity contribution >= 4 is 45.0 Å². The molecular formula is C25H35BrN4O5. The number of likely N-dealkylation sites (tertiary alicyclic amines) is 1. The zero-order valence-corrected chi connectivity index (χ0v) is 22.2. The predicted octanol–water partition coefficient (Wildman–Crippen LogP) is 1.74. The topological polar surface area (TPSA) is 111 Å². The van der Waals surface area contributed by atoms with Crippen LogP contribution in [0.4, 0.5) is 11.4 Å². The number of aliphatic hydroxyl groups is 1. The van der Waals surface area contributed by atoms with Gasteiger partial charge in [-0.15, -0.1) is 0 Å². The maximum absolute atomic E-state index is 13.8. The van der Waals surface area contributed by atoms with Crippen molar-refractivity contribution in [1.82, 2.24) is 10.2 Å². The number of hydrogen-bond donors (Lipinski definition) is 3. The molecule has 9 nitrogen and oxygen atoms in total. The van der Waals surface area contributed by atoms with Crippen LogP contribution < -0.4 is 15.5 Å². The van der Waals surface area contributed by atoms with E-state index in [1.807, 2.05) is 31.2 Å². The number of ether oxygens (including phenoxy) is 1. The van der Waals surface area contributed by atoms with Gasteiger partial charge in [-0.25, -0.2) is 0 Å². The summed E-state index contributed by atoms with van der Waals surface area (Å²) < 4.78 is 6.40. The minimum atomic E-state index is -1.14. The maximum Gasteiger partial charge on any atom is 0.250 e. The van der Waals surface area contributed by atoms with Crippen molar-refractivity contribution in [2.24, 2.45) is 11.8 Å². The molecule has 0 radical (unpaired) electrons. The number of rotatable bonds is 9. The van der Waals surface area contributed by atoms with Crippen molar-refractivity contribution in [3.8, 4) is 0 Å². The van der Waals surface area contributed by atoms with Crippen LogP contribution in [0.25, 0.3) is 0 Å². The highest BCUT2D eigenvalue weighted by atomic mass is 79.9. The molecule has 1 aromatic rings. The van der Waals surface area contributed by atoms with Crippen LogP contribution >= 0.6 is 15.9 Å². The number of hydrogen-bond acceptors (Lipinski definition) is 6. The van der Waals surface area contributed by atoms with Crippen LogP contribution in [0, 0.1) is 11.8 Å². The smallest absolute Gasteiger partial charge is 0.250 e. The number of carbonyl (C=O) groups is 3. The van der Waals surface area contributed by atoms with E-state index in [0.29, 0.717) is 18.5 Å². The molecule has 1 aromatic carbocycles. The number of alkyl halides is 1. The number of nitrogens with one attached hydrogen (secondary N) is 2. The molecule has 3 saturated heterocycles. The van der Waals surface area contributed by atoms with Gasteiger partial charge >= 0.3 is 0 Å². The molecule has 2 bridgehead atoms. The van der Waals surface area contributed by atoms with E-state index in [0.717, 1.165) is 18.8 Å². The van der Waals surface area contributed by atoms with Crippen molar-refractivity contribution in [2.75, 3.05) is 37.0 Å². The first-order chi connectivity index (χ1) is 16.8. The first-order valence-electron chi connectivity index (χ1n) is 12.4. The molecule has 192 valence electrons. The molecule has 3 aliphatic heterocycles. The summed E-state index contributed by atoms with van der Waals surface area (Å²) in [6, 6.07) is 6.09. The van der Waals surface area contributed by atoms with E-state index in [-0.39, 0.29) is 29.2 Å². The third-order valence-corrected chi connectivity index (χ3v) is 8.71. The molecule has 10 heteroatoms. The van der Waals surface area contributed by atoms with Gasteiger partial charge in [0.25, 0.3) is 0 Å². The Labute approximate surface area is 214 Å². The molecule has 1 spiro atoms. The number of aliphatic hydroxyl groups excluding tert-OH is 1. The van der Waals surface area contributed by atoms with E-state index in [1.165, 1.54) is 11.9 Å². The van der Waals surface area contributed by atoms with Gasteiger partial charge < -0.3 is 30.3 Å². The average molecular weight is 551 g/mol. The van der Waals surface area contributed by atoms with Crippen molar-refractivity contribution in [3.63, 3.8) is 0 Å². The molecule has 3 N–H and O–H groups in total. The minimum absolute atomic E-state index is 0.161. The van der Waals surface area contributed by atoms with E-state index < -0.39 is 35.6 Å². The molecule has 4 rings (SSSR count). The Kier molecular flexibility index (Phi) is 7.45. The first-order valence-corrected chi connectivity index (χ1v) is 13.3. The van der Waals surface area contributed by atoms with Crippen LogP contribution in [0.3, 0.4) is 0 Å². The molecule has 0 aliphatic carbocycles. The summed E-state index contributed by atoms with van der Waals surface area (Å²) in [6.45, 7) is 7.52. The standard InChI is InChI=1S/C25H35BrN4O5/c1-5-15(13-31)30-21(23(33)28-14-8-10-16(11-9-14)29(6-2)7-3)25-12-17(26)20(35-25)18(22(32)27-4)19(25)24(30)34/h8-11,15,17-21,31H,5-7,12-13H2,1-4H3,(H,27,32)(H,28,33)/t15-,17?,18+,19-,20+,21?,25?/m0/s1. The minimum Gasteiger partial charge on any atom is -0.394 e. The molecule has 3 fully saturated rings. The van der Waals surface area contributed by atoms with E-state index >= 15 is 0 Å². The first kappa shape index (κ1) is 25.9. The third kappa shape index (κ3) is 4.03. The maximum atomic E-state index is 13.8. The Morgan fingerprint density at radius 1 is 1.23 bits per heavy atom. The molecule has 3 amide bonds. The van der Waals surface area contributed by atoms with Gasteiger partial charge in [0.15, 0.2) is 0 Å². The molecule has 7 atom stereocenters. The van der Waals surface area contributed by atoms with Gasteiger partial charge in [-0.2, -0.15) is 0 Å². The lowest BCUT2D eigenvalue weighted by Gasteiger charge is -2.36. The van der Waals surface area contributed by atoms with E-state index in [1.54, 1.807) is 0 Å². The monoisotopic (exact) mass is 550 g/mol. The van der Waals surface area contributed by atoms with Crippen LogP contribution in [0.15, 0.2) is 24.3 Å². The number of amides is 3. The second-order valence-electron chi connectivity index (χ2n) is 9.48. The summed E-state index contributed by atoms with van der Waals surface area (Å²) in [5.41, 5.74) is 0.533. The van der Waals surface area contributed by atoms with Crippen LogP contribution in [0.1, 0.15) is 33.6 Å². The second-order valence-corrected chi connectivity index (χ2v) is 10.7. The summed E-state index contributed by atoms with van der Waals surface area (Å²) in [6.07, 6.45) is 0.405. The SMILES string of the molecule is CC[C@@H](CO)N1C(=O)[C@@H]2[C@@H](C(=O)NC)[C@@H]3OC2(CC3Br)C1C(=O)Nc1ccc(N(CC)CC)cc1. The molecule has 3 heterocycles. The van der Waals surface area contributed by atoms with Crippen LogP contribution in [0.2, 0.25) is 0 Å². The summed E-state index contributed by atoms with van der Waals surface area (Å²) >= 11 is 3.63. The van der Waals surface area contributed by atoms with Crippen molar-refractivity contribution in [1.29, 1.82) is 0 Å². The quantitative estimate of drug-likeness (QED) is 0.404. The summed E-state index contributed by atoms with van der Waals surface area (Å²) in [7, 11) is 1.54. The highest BCUT2D eigenvalue weighted by molar-refractivity contribution is 9.09. The highest BCUT2D eigenvalue weighted by Crippen LogP contribution is 2.60. The fourth-order valence-electron chi connectivity index (χ4n) is 6.20. The molecule has 35 heavy (non-hydrogen) atoms. The Bertz CT molecular complexity index is 967. The summed E-state index contributed by atoms with van der Waals surface area (Å²) in [4.78, 5) is 43.9. The van der Waals surface area contributed by atoms with Crippen molar-refractivity contribution in [2.45, 2.75) is 62.2 Å². The Balaban J connectivity index is 1.69. The lowest BCUT2D eigenvalue weighted by atomic mass is 9.70. The number of halogens is 1. The fraction of sp³-hybridized carbons (Fsp3) is 0.640. The fourth-order valence-corrected chi connectivity index (χ4v) is 7.14. The highest BCUT2D eigenvalue weighted by Gasteiger charge is 2.76. The van der Waals surface area contributed by atoms with Gasteiger partial charge in [0.1, 0.15) is 11.6 Å². The summed E-state index contributed by atoms with van der Waals surface area (Å²) in [5.74, 6) is -2.43. The average Bonchev–Trinajstić information content (AvgIpc) is 3.45. The van der Waals surface area contributed by atoms with Crippen LogP contribution in [-0.4, -0.2) is 83.1 Å². The lowest BCUT2D eigenvalue weighted by Crippen LogP contribution is -2.56. The molecular weight excluding hydrogens is 516 g/mol. The number of anilines is 2. The number of nitrogens with zero attached hydrogens (tertiary/aromatic N) is 2. The van der Waals surface area contributed by atoms with Gasteiger partial charge in [-0.05, 0) is 51.0 Å². The van der Waals surface area contributed by atoms with Crippen LogP contribution in [0.5, 0.6) is 0 Å². The Hall–Kier alpha value is -2.17. The number of fused-ring (bicyclic) bond motifs is 1. The normalized spacial score (nSPS) is 31.9. The van der Waals surface area contributed by atoms with E-state index in [2.05, 4.69) is 45.3 Å². The van der Waals surface area contributed by atoms with E-state index in [9.17, 15) is 19.5 Å². The zero-order valence-electron chi connectivity index (χ0n) is 20.7. The predicted molar refractivity (Wildman–Crippen MR) is 136 cm³/mol. The number of carbonyl (C=O) groups excluding carboxylic acids is 3. The van der Waals surface area contributed by atoms with Gasteiger partial charge in [-0.3, -0.25) is 14.4 Å². The third-order valence-electron chi connectivity index (χ3n) is 7.86. The number of benzene rings is 1. The second kappa shape index (κ2) is 10.1. The Morgan fingerprint density at radius 3 is 2.43 bits per heavy atom. The zero-order chi connectivity index (χ0) is 25.5. The van der Waals surface area contributed by atoms with Crippen molar-refractivity contribution in [3.05, 3.63) is 24.3 Å². The molecule has 3 aliphatic rings. The molecule has 3 unspecified atom stereocenters. The van der Waals surface area contributed by atoms with Gasteiger partial charge in [0.05, 0.1) is 30.6 Å². The lowest BCUT2D eigenvalue weighted by molar-refractivity contribution is -0.144. The van der Waals surface area contributed by atoms with Gasteiger partial charge in [-0.1, -0.05) is 22.9 Å². The van der Waals surface area contributed by atoms with Crippen LogP contribution in [-0.2, 0) is 19.1 Å². The van der Waals surface area contributed by atoms with E-state index in [4.69, 9.17) is 4.74 Å². The molecule has 0 saturated carbocycles. The molecule has 0 aromatic heterocycles. The van der Waals surface area contributed by atoms with Gasteiger partial charge in [0.2, 0.25) is 17.7 Å².